The molecule has 6 nitrogen and oxygen atoms in total. The third-order valence-electron chi connectivity index (χ3n) is 13.2. The van der Waals surface area contributed by atoms with Crippen LogP contribution < -0.4 is 15.1 Å². The van der Waals surface area contributed by atoms with Gasteiger partial charge in [0.1, 0.15) is 23.2 Å². The second-order valence-electron chi connectivity index (χ2n) is 17.3. The summed E-state index contributed by atoms with van der Waals surface area (Å²) in [6.45, 7) is 0. The molecule has 0 bridgehead atoms. The first-order chi connectivity index (χ1) is 33.7. The molecule has 1 atom stereocenters. The van der Waals surface area contributed by atoms with Gasteiger partial charge in [0.05, 0.1) is 22.4 Å². The first kappa shape index (κ1) is 39.3. The number of para-hydroxylation sites is 5. The van der Waals surface area contributed by atoms with Crippen molar-refractivity contribution in [2.75, 3.05) is 15.1 Å². The van der Waals surface area contributed by atoms with E-state index in [1.165, 1.54) is 5.56 Å². The fourth-order valence-electron chi connectivity index (χ4n) is 9.95. The Kier molecular flexibility index (Phi) is 9.46. The number of imidazole rings is 1. The molecule has 13 rings (SSSR count). The van der Waals surface area contributed by atoms with Crippen LogP contribution in [-0.2, 0) is 0 Å². The van der Waals surface area contributed by atoms with Crippen LogP contribution in [0, 0.1) is 0 Å². The van der Waals surface area contributed by atoms with E-state index in [9.17, 15) is 0 Å². The fraction of sp³-hybridized carbons (Fsp3) is 0.0161. The van der Waals surface area contributed by atoms with Gasteiger partial charge in [-0.1, -0.05) is 152 Å². The molecule has 0 aliphatic carbocycles. The normalized spacial score (nSPS) is 13.2. The number of benzene rings is 10. The SMILES string of the molecule is c1ccc(-c2nc3ccccc3n2-c2cccc(-c3ccc(N(c4ccc(-c5cccc(N6c7ccccc7NC6c6ccccc6)c5)cc4)c4ccc5c(c4)oc4ccccc45)cc3)c2)cc1. The van der Waals surface area contributed by atoms with Gasteiger partial charge in [-0.3, -0.25) is 4.57 Å². The van der Waals surface area contributed by atoms with Crippen molar-refractivity contribution in [3.63, 3.8) is 0 Å². The summed E-state index contributed by atoms with van der Waals surface area (Å²) in [6.07, 6.45) is -0.0243. The maximum atomic E-state index is 6.44. The van der Waals surface area contributed by atoms with Gasteiger partial charge >= 0.3 is 0 Å². The summed E-state index contributed by atoms with van der Waals surface area (Å²) >= 11 is 0. The van der Waals surface area contributed by atoms with Crippen LogP contribution in [-0.4, -0.2) is 9.55 Å². The maximum absolute atomic E-state index is 6.44. The second-order valence-corrected chi connectivity index (χ2v) is 17.3. The third-order valence-corrected chi connectivity index (χ3v) is 13.2. The summed E-state index contributed by atoms with van der Waals surface area (Å²) < 4.78 is 8.71. The molecule has 0 amide bonds. The lowest BCUT2D eigenvalue weighted by Crippen LogP contribution is -2.23. The molecule has 0 spiro atoms. The Hall–Kier alpha value is -9.13. The van der Waals surface area contributed by atoms with Crippen LogP contribution in [0.1, 0.15) is 11.7 Å². The van der Waals surface area contributed by atoms with Crippen molar-refractivity contribution in [2.24, 2.45) is 0 Å². The molecule has 12 aromatic rings. The van der Waals surface area contributed by atoms with Gasteiger partial charge in [0.25, 0.3) is 0 Å². The highest BCUT2D eigenvalue weighted by Gasteiger charge is 2.31. The smallest absolute Gasteiger partial charge is 0.145 e. The Morgan fingerprint density at radius 3 is 1.78 bits per heavy atom. The topological polar surface area (TPSA) is 49.5 Å². The van der Waals surface area contributed by atoms with Crippen LogP contribution in [0.3, 0.4) is 0 Å². The van der Waals surface area contributed by atoms with E-state index in [0.717, 1.165) is 106 Å². The van der Waals surface area contributed by atoms with E-state index in [0.29, 0.717) is 0 Å². The summed E-state index contributed by atoms with van der Waals surface area (Å²) in [7, 11) is 0. The van der Waals surface area contributed by atoms with Gasteiger partial charge in [0, 0.05) is 50.8 Å². The molecular weight excluding hydrogens is 831 g/mol. The van der Waals surface area contributed by atoms with Crippen molar-refractivity contribution in [2.45, 2.75) is 6.17 Å². The molecule has 0 radical (unpaired) electrons. The number of nitrogens with one attached hydrogen (secondary N) is 1. The van der Waals surface area contributed by atoms with E-state index in [2.05, 4.69) is 244 Å². The van der Waals surface area contributed by atoms with Gasteiger partial charge in [-0.2, -0.15) is 0 Å². The molecule has 2 aromatic heterocycles. The monoisotopic (exact) mass is 873 g/mol. The van der Waals surface area contributed by atoms with Crippen molar-refractivity contribution < 1.29 is 4.42 Å². The van der Waals surface area contributed by atoms with Gasteiger partial charge in [-0.25, -0.2) is 4.98 Å². The van der Waals surface area contributed by atoms with Crippen LogP contribution in [0.15, 0.2) is 253 Å². The number of furan rings is 1. The van der Waals surface area contributed by atoms with Crippen LogP contribution in [0.25, 0.3) is 72.3 Å². The minimum absolute atomic E-state index is 0.0243. The summed E-state index contributed by atoms with van der Waals surface area (Å²) in [5.74, 6) is 0.918. The fourth-order valence-corrected chi connectivity index (χ4v) is 9.95. The van der Waals surface area contributed by atoms with Crippen LogP contribution >= 0.6 is 0 Å². The lowest BCUT2D eigenvalue weighted by Gasteiger charge is -2.28. The molecule has 10 aromatic carbocycles. The van der Waals surface area contributed by atoms with Crippen LogP contribution in [0.5, 0.6) is 0 Å². The number of hydrogen-bond acceptors (Lipinski definition) is 5. The molecule has 1 aliphatic rings. The van der Waals surface area contributed by atoms with Crippen molar-refractivity contribution in [3.8, 4) is 39.3 Å². The third kappa shape index (κ3) is 6.86. The van der Waals surface area contributed by atoms with Gasteiger partial charge < -0.3 is 19.5 Å². The Balaban J connectivity index is 0.865. The molecule has 1 N–H and O–H groups in total. The van der Waals surface area contributed by atoms with E-state index in [-0.39, 0.29) is 6.17 Å². The van der Waals surface area contributed by atoms with Crippen molar-refractivity contribution in [1.29, 1.82) is 0 Å². The van der Waals surface area contributed by atoms with E-state index in [1.807, 2.05) is 24.3 Å². The van der Waals surface area contributed by atoms with Gasteiger partial charge in [-0.05, 0) is 119 Å². The standard InChI is InChI=1S/C62H43N5O/c1-3-15-44(16-4-1)61-63-55-24-8-10-26-57(55)66(61)50-21-13-19-46(39-50)42-29-33-48(34-30-42)65(52-37-38-54-53-23-7-12-28-59(53)68-60(54)41-52)49-35-31-43(32-36-49)47-20-14-22-51(40-47)67-58-27-11-9-25-56(58)64-62(67)45-17-5-2-6-18-45/h1-41,61,63H. The highest BCUT2D eigenvalue weighted by atomic mass is 16.3. The molecule has 1 unspecified atom stereocenters. The number of nitrogens with zero attached hydrogens (tertiary/aromatic N) is 4. The Bertz CT molecular complexity index is 3780. The Morgan fingerprint density at radius 2 is 1.01 bits per heavy atom. The summed E-state index contributed by atoms with van der Waals surface area (Å²) in [5.41, 5.74) is 18.1. The van der Waals surface area contributed by atoms with Gasteiger partial charge in [0.2, 0.25) is 0 Å². The average Bonchev–Trinajstić information content (AvgIpc) is 4.12. The first-order valence-corrected chi connectivity index (χ1v) is 23.1. The zero-order valence-corrected chi connectivity index (χ0v) is 36.9. The van der Waals surface area contributed by atoms with E-state index in [4.69, 9.17) is 9.40 Å². The zero-order valence-electron chi connectivity index (χ0n) is 36.9. The lowest BCUT2D eigenvalue weighted by molar-refractivity contribution is 0.669. The second kappa shape index (κ2) is 16.4. The summed E-state index contributed by atoms with van der Waals surface area (Å²) in [4.78, 5) is 9.81. The number of fused-ring (bicyclic) bond motifs is 5. The number of aromatic nitrogens is 2. The maximum Gasteiger partial charge on any atom is 0.145 e. The quantitative estimate of drug-likeness (QED) is 0.157. The molecule has 0 saturated carbocycles. The molecule has 1 aliphatic heterocycles. The van der Waals surface area contributed by atoms with E-state index in [1.54, 1.807) is 0 Å². The predicted molar refractivity (Wildman–Crippen MR) is 281 cm³/mol. The minimum Gasteiger partial charge on any atom is -0.456 e. The highest BCUT2D eigenvalue weighted by Crippen LogP contribution is 2.47. The molecule has 6 heteroatoms. The molecular formula is C62H43N5O. The van der Waals surface area contributed by atoms with Crippen LogP contribution in [0.4, 0.5) is 34.1 Å². The van der Waals surface area contributed by atoms with Crippen molar-refractivity contribution in [3.05, 3.63) is 254 Å². The van der Waals surface area contributed by atoms with E-state index >= 15 is 0 Å². The number of rotatable bonds is 9. The highest BCUT2D eigenvalue weighted by molar-refractivity contribution is 6.06. The van der Waals surface area contributed by atoms with E-state index < -0.39 is 0 Å². The molecule has 322 valence electrons. The Labute approximate surface area is 394 Å². The summed E-state index contributed by atoms with van der Waals surface area (Å²) in [5, 5.41) is 5.98. The average molecular weight is 874 g/mol. The lowest BCUT2D eigenvalue weighted by atomic mass is 10.0. The van der Waals surface area contributed by atoms with Gasteiger partial charge in [-0.15, -0.1) is 0 Å². The molecule has 0 fully saturated rings. The van der Waals surface area contributed by atoms with Gasteiger partial charge in [0.15, 0.2) is 0 Å². The van der Waals surface area contributed by atoms with Crippen molar-refractivity contribution >= 4 is 67.1 Å². The largest absolute Gasteiger partial charge is 0.456 e. The van der Waals surface area contributed by atoms with Crippen molar-refractivity contribution in [1.82, 2.24) is 9.55 Å². The minimum atomic E-state index is -0.0243. The predicted octanol–water partition coefficient (Wildman–Crippen LogP) is 16.7. The number of hydrogen-bond donors (Lipinski definition) is 1. The first-order valence-electron chi connectivity index (χ1n) is 23.1. The zero-order chi connectivity index (χ0) is 45.0. The molecule has 0 saturated heterocycles. The Morgan fingerprint density at radius 1 is 0.426 bits per heavy atom. The molecule has 3 heterocycles. The summed E-state index contributed by atoms with van der Waals surface area (Å²) in [6, 6.07) is 88.1. The molecule has 68 heavy (non-hydrogen) atoms. The van der Waals surface area contributed by atoms with Crippen LogP contribution in [0.2, 0.25) is 0 Å². The number of anilines is 6.